The van der Waals surface area contributed by atoms with Gasteiger partial charge in [0.2, 0.25) is 11.9 Å². The summed E-state index contributed by atoms with van der Waals surface area (Å²) in [6.45, 7) is 3.82. The van der Waals surface area contributed by atoms with Crippen LogP contribution in [0.4, 0.5) is 5.95 Å². The van der Waals surface area contributed by atoms with Gasteiger partial charge in [0.25, 0.3) is 5.56 Å². The van der Waals surface area contributed by atoms with Crippen molar-refractivity contribution >= 4 is 45.3 Å². The van der Waals surface area contributed by atoms with Crippen molar-refractivity contribution in [2.75, 3.05) is 32.0 Å². The lowest BCUT2D eigenvalue weighted by Crippen LogP contribution is -2.42. The number of aromatic amines is 1. The van der Waals surface area contributed by atoms with E-state index in [4.69, 9.17) is 15.2 Å². The number of nitrogens with two attached hydrogens (primary N) is 1. The zero-order valence-corrected chi connectivity index (χ0v) is 17.9. The molecule has 13 heteroatoms. The summed E-state index contributed by atoms with van der Waals surface area (Å²) in [6.07, 6.45) is -1.05. The number of anilines is 1. The van der Waals surface area contributed by atoms with E-state index in [9.17, 15) is 19.5 Å². The smallest absolute Gasteiger partial charge is 0.311 e. The van der Waals surface area contributed by atoms with E-state index in [1.54, 1.807) is 4.90 Å². The van der Waals surface area contributed by atoms with Crippen molar-refractivity contribution in [3.05, 3.63) is 20.0 Å². The lowest BCUT2D eigenvalue weighted by atomic mass is 10.2. The average molecular weight is 458 g/mol. The number of nitrogen functional groups attached to an aromatic ring is 1. The molecule has 2 aromatic heterocycles. The standard InChI is InChI=1S/C17H23N5O6S2/c1-2-8(23)15-28-14(9(29-15)7-10(24)21-3-5-27-6-4-21)22-12-11(30-17(22)26)13(25)20-16(18)19-12/h8-9,14-15,23H,2-7H2,1H3,(H3,18,19,20,25)/t8?,9-,14+,15?/m0/s1. The topological polar surface area (TPSA) is 153 Å². The Labute approximate surface area is 179 Å². The van der Waals surface area contributed by atoms with E-state index < -0.39 is 33.5 Å². The Morgan fingerprint density at radius 3 is 2.83 bits per heavy atom. The van der Waals surface area contributed by atoms with Crippen LogP contribution in [0.1, 0.15) is 26.0 Å². The van der Waals surface area contributed by atoms with Crippen LogP contribution in [0.2, 0.25) is 0 Å². The second-order valence-electron chi connectivity index (χ2n) is 7.08. The van der Waals surface area contributed by atoms with Crippen molar-refractivity contribution in [2.24, 2.45) is 0 Å². The summed E-state index contributed by atoms with van der Waals surface area (Å²) in [5, 5.41) is 9.87. The van der Waals surface area contributed by atoms with Crippen molar-refractivity contribution in [3.8, 4) is 0 Å². The maximum Gasteiger partial charge on any atom is 0.311 e. The number of fused-ring (bicyclic) bond motifs is 1. The number of nitrogens with zero attached hydrogens (tertiary/aromatic N) is 3. The number of thioether (sulfide) groups is 1. The summed E-state index contributed by atoms with van der Waals surface area (Å²) in [7, 11) is 0. The van der Waals surface area contributed by atoms with Gasteiger partial charge in [0, 0.05) is 19.5 Å². The Balaban J connectivity index is 1.69. The van der Waals surface area contributed by atoms with Gasteiger partial charge in [-0.15, -0.1) is 11.8 Å². The molecule has 0 saturated carbocycles. The van der Waals surface area contributed by atoms with E-state index >= 15 is 0 Å². The number of aromatic nitrogens is 3. The SMILES string of the molecule is CCC(O)C1O[C@@H](n2c(=O)sc3c(=O)[nH]c(N)nc32)[C@H](CC(=O)N2CCOCC2)S1. The van der Waals surface area contributed by atoms with Crippen LogP contribution in [-0.4, -0.2) is 73.5 Å². The highest BCUT2D eigenvalue weighted by Gasteiger charge is 2.43. The van der Waals surface area contributed by atoms with Gasteiger partial charge in [0.05, 0.1) is 24.6 Å². The third-order valence-electron chi connectivity index (χ3n) is 5.12. The minimum Gasteiger partial charge on any atom is -0.390 e. The molecule has 4 atom stereocenters. The van der Waals surface area contributed by atoms with Gasteiger partial charge in [-0.05, 0) is 6.42 Å². The molecule has 0 spiro atoms. The number of hydrogen-bond acceptors (Lipinski definition) is 10. The third-order valence-corrected chi connectivity index (χ3v) is 7.50. The molecule has 0 aliphatic carbocycles. The molecule has 0 radical (unpaired) electrons. The van der Waals surface area contributed by atoms with Gasteiger partial charge in [-0.2, -0.15) is 4.98 Å². The summed E-state index contributed by atoms with van der Waals surface area (Å²) in [4.78, 5) is 45.6. The van der Waals surface area contributed by atoms with E-state index in [-0.39, 0.29) is 28.6 Å². The number of carbonyl (C=O) groups excluding carboxylic acids is 1. The molecule has 30 heavy (non-hydrogen) atoms. The molecule has 2 saturated heterocycles. The largest absolute Gasteiger partial charge is 0.390 e. The minimum atomic E-state index is -0.860. The first kappa shape index (κ1) is 21.3. The summed E-state index contributed by atoms with van der Waals surface area (Å²) in [5.74, 6) is -0.190. The van der Waals surface area contributed by atoms with Crippen molar-refractivity contribution in [3.63, 3.8) is 0 Å². The van der Waals surface area contributed by atoms with Crippen molar-refractivity contribution in [2.45, 2.75) is 42.8 Å². The molecule has 2 aliphatic rings. The van der Waals surface area contributed by atoms with E-state index in [1.807, 2.05) is 6.92 Å². The molecule has 2 unspecified atom stereocenters. The number of aliphatic hydroxyl groups excluding tert-OH is 1. The quantitative estimate of drug-likeness (QED) is 0.549. The molecule has 4 N–H and O–H groups in total. The fourth-order valence-corrected chi connectivity index (χ4v) is 5.83. The van der Waals surface area contributed by atoms with Crippen LogP contribution in [0, 0.1) is 0 Å². The van der Waals surface area contributed by atoms with Crippen LogP contribution in [0.5, 0.6) is 0 Å². The molecule has 4 heterocycles. The highest BCUT2D eigenvalue weighted by molar-refractivity contribution is 8.00. The molecule has 2 aliphatic heterocycles. The lowest BCUT2D eigenvalue weighted by molar-refractivity contribution is -0.136. The molecule has 0 aromatic carbocycles. The first-order valence-electron chi connectivity index (χ1n) is 9.64. The Morgan fingerprint density at radius 2 is 2.13 bits per heavy atom. The fraction of sp³-hybridized carbons (Fsp3) is 0.647. The van der Waals surface area contributed by atoms with Crippen LogP contribution < -0.4 is 16.2 Å². The number of nitrogens with one attached hydrogen (secondary N) is 1. The van der Waals surface area contributed by atoms with Crippen molar-refractivity contribution < 1.29 is 19.4 Å². The Kier molecular flexibility index (Phi) is 6.16. The zero-order chi connectivity index (χ0) is 21.4. The molecular formula is C17H23N5O6S2. The van der Waals surface area contributed by atoms with Gasteiger partial charge in [-0.3, -0.25) is 23.9 Å². The second-order valence-corrected chi connectivity index (χ2v) is 9.39. The molecule has 4 rings (SSSR count). The molecule has 164 valence electrons. The van der Waals surface area contributed by atoms with Crippen LogP contribution >= 0.6 is 23.1 Å². The van der Waals surface area contributed by atoms with Crippen molar-refractivity contribution in [1.82, 2.24) is 19.4 Å². The number of carbonyl (C=O) groups is 1. The number of hydrogen-bond donors (Lipinski definition) is 3. The maximum absolute atomic E-state index is 12.8. The van der Waals surface area contributed by atoms with Gasteiger partial charge in [0.15, 0.2) is 11.9 Å². The summed E-state index contributed by atoms with van der Waals surface area (Å²) in [5.41, 5.74) is 4.68. The predicted octanol–water partition coefficient (Wildman–Crippen LogP) is -0.295. The monoisotopic (exact) mass is 457 g/mol. The molecule has 2 fully saturated rings. The first-order chi connectivity index (χ1) is 14.4. The number of amides is 1. The average Bonchev–Trinajstić information content (AvgIpc) is 3.28. The fourth-order valence-electron chi connectivity index (χ4n) is 3.53. The van der Waals surface area contributed by atoms with Gasteiger partial charge < -0.3 is 25.2 Å². The van der Waals surface area contributed by atoms with Crippen LogP contribution in [-0.2, 0) is 14.3 Å². The predicted molar refractivity (Wildman–Crippen MR) is 113 cm³/mol. The molecule has 11 nitrogen and oxygen atoms in total. The van der Waals surface area contributed by atoms with Crippen LogP contribution in [0.3, 0.4) is 0 Å². The van der Waals surface area contributed by atoms with E-state index in [0.29, 0.717) is 32.7 Å². The Bertz CT molecular complexity index is 1050. The first-order valence-corrected chi connectivity index (χ1v) is 11.4. The number of ether oxygens (including phenoxy) is 2. The molecular weight excluding hydrogens is 434 g/mol. The van der Waals surface area contributed by atoms with E-state index in [0.717, 1.165) is 11.3 Å². The number of aliphatic hydroxyl groups is 1. The van der Waals surface area contributed by atoms with Crippen molar-refractivity contribution in [1.29, 1.82) is 0 Å². The highest BCUT2D eigenvalue weighted by atomic mass is 32.2. The number of H-pyrrole nitrogens is 1. The Hall–Kier alpha value is -1.93. The van der Waals surface area contributed by atoms with Gasteiger partial charge in [0.1, 0.15) is 10.1 Å². The van der Waals surface area contributed by atoms with Crippen LogP contribution in [0.15, 0.2) is 9.59 Å². The number of rotatable bonds is 5. The molecule has 2 aromatic rings. The minimum absolute atomic E-state index is 0.0751. The van der Waals surface area contributed by atoms with Crippen LogP contribution in [0.25, 0.3) is 10.3 Å². The molecule has 1 amide bonds. The normalized spacial score (nSPS) is 25.7. The summed E-state index contributed by atoms with van der Waals surface area (Å²) in [6, 6.07) is 0. The lowest BCUT2D eigenvalue weighted by Gasteiger charge is -2.28. The summed E-state index contributed by atoms with van der Waals surface area (Å²) < 4.78 is 12.7. The van der Waals surface area contributed by atoms with Gasteiger partial charge >= 0.3 is 4.87 Å². The third kappa shape index (κ3) is 3.99. The van der Waals surface area contributed by atoms with Gasteiger partial charge in [-0.25, -0.2) is 0 Å². The number of morpholine rings is 1. The Morgan fingerprint density at radius 1 is 1.40 bits per heavy atom. The van der Waals surface area contributed by atoms with Gasteiger partial charge in [-0.1, -0.05) is 18.3 Å². The summed E-state index contributed by atoms with van der Waals surface area (Å²) >= 11 is 2.06. The maximum atomic E-state index is 12.8. The van der Waals surface area contributed by atoms with E-state index in [1.165, 1.54) is 16.3 Å². The van der Waals surface area contributed by atoms with E-state index in [2.05, 4.69) is 9.97 Å². The zero-order valence-electron chi connectivity index (χ0n) is 16.3. The second kappa shape index (κ2) is 8.67. The highest BCUT2D eigenvalue weighted by Crippen LogP contribution is 2.43. The number of thiazole rings is 1. The molecule has 0 bridgehead atoms.